The number of hydrogen-bond donors (Lipinski definition) is 0. The van der Waals surface area contributed by atoms with Crippen LogP contribution in [0.3, 0.4) is 0 Å². The lowest BCUT2D eigenvalue weighted by Gasteiger charge is -2.18. The molecular weight excluding hydrogens is 443 g/mol. The molecule has 1 amide bonds. The number of carbonyl (C=O) groups is 2. The Morgan fingerprint density at radius 2 is 1.90 bits per heavy atom. The summed E-state index contributed by atoms with van der Waals surface area (Å²) < 4.78 is 5.03. The highest BCUT2D eigenvalue weighted by atomic mass is 35.5. The van der Waals surface area contributed by atoms with Gasteiger partial charge in [0.1, 0.15) is 11.1 Å². The second-order valence-corrected chi connectivity index (χ2v) is 8.59. The molecule has 8 heteroatoms. The molecule has 0 aromatic heterocycles. The van der Waals surface area contributed by atoms with Crippen LogP contribution >= 0.6 is 35.0 Å². The van der Waals surface area contributed by atoms with Crippen LogP contribution in [0.2, 0.25) is 10.0 Å². The van der Waals surface area contributed by atoms with E-state index in [0.717, 1.165) is 11.1 Å². The Balaban J connectivity index is 2.03. The Morgan fingerprint density at radius 1 is 1.20 bits per heavy atom. The minimum absolute atomic E-state index is 0.132. The lowest BCUT2D eigenvalue weighted by molar-refractivity contribution is -0.138. The first-order valence-corrected chi connectivity index (χ1v) is 10.8. The number of anilines is 1. The summed E-state index contributed by atoms with van der Waals surface area (Å²) >= 11 is 13.3. The molecule has 0 unspecified atom stereocenters. The van der Waals surface area contributed by atoms with E-state index in [9.17, 15) is 14.9 Å². The van der Waals surface area contributed by atoms with Gasteiger partial charge in [-0.3, -0.25) is 9.69 Å². The molecule has 2 aromatic rings. The summed E-state index contributed by atoms with van der Waals surface area (Å²) in [5, 5.41) is 10.2. The second-order valence-electron chi connectivity index (χ2n) is 6.58. The molecule has 0 saturated carbocycles. The van der Waals surface area contributed by atoms with Gasteiger partial charge >= 0.3 is 5.97 Å². The average Bonchev–Trinajstić information content (AvgIpc) is 3.02. The molecule has 1 atom stereocenters. The normalized spacial score (nSPS) is 17.6. The molecular formula is C22H18Cl2N2O3S. The molecule has 1 aliphatic heterocycles. The number of hydrogen-bond acceptors (Lipinski definition) is 5. The average molecular weight is 461 g/mol. The molecule has 5 nitrogen and oxygen atoms in total. The minimum Gasteiger partial charge on any atom is -0.462 e. The standard InChI is InChI=1S/C22H18Cl2N2O3S/c1-3-29-22(28)16(12-25)21-26(15-7-4-13(2)5-8-15)20(27)19(30-21)11-14-6-9-17(23)18(24)10-14/h4-10,19H,3,11H2,1-2H3/b21-16-/t19-/m0/s1. The van der Waals surface area contributed by atoms with Gasteiger partial charge in [-0.15, -0.1) is 0 Å². The van der Waals surface area contributed by atoms with Gasteiger partial charge in [0.15, 0.2) is 5.57 Å². The van der Waals surface area contributed by atoms with Crippen LogP contribution in [-0.2, 0) is 20.7 Å². The number of amides is 1. The molecule has 2 aromatic carbocycles. The topological polar surface area (TPSA) is 70.4 Å². The van der Waals surface area contributed by atoms with Crippen LogP contribution < -0.4 is 4.90 Å². The second kappa shape index (κ2) is 9.57. The highest BCUT2D eigenvalue weighted by Gasteiger charge is 2.41. The highest BCUT2D eigenvalue weighted by molar-refractivity contribution is 8.05. The molecule has 0 bridgehead atoms. The van der Waals surface area contributed by atoms with E-state index in [1.807, 2.05) is 25.1 Å². The van der Waals surface area contributed by atoms with E-state index in [1.54, 1.807) is 37.3 Å². The van der Waals surface area contributed by atoms with Crippen molar-refractivity contribution in [3.05, 3.63) is 74.2 Å². The number of halogens is 2. The number of esters is 1. The monoisotopic (exact) mass is 460 g/mol. The molecule has 1 fully saturated rings. The van der Waals surface area contributed by atoms with Crippen LogP contribution in [0.5, 0.6) is 0 Å². The summed E-state index contributed by atoms with van der Waals surface area (Å²) in [6, 6.07) is 14.4. The van der Waals surface area contributed by atoms with Crippen molar-refractivity contribution in [2.45, 2.75) is 25.5 Å². The van der Waals surface area contributed by atoms with Crippen LogP contribution in [0, 0.1) is 18.3 Å². The van der Waals surface area contributed by atoms with Gasteiger partial charge in [-0.2, -0.15) is 5.26 Å². The van der Waals surface area contributed by atoms with E-state index >= 15 is 0 Å². The lowest BCUT2D eigenvalue weighted by Crippen LogP contribution is -2.30. The smallest absolute Gasteiger partial charge is 0.351 e. The Kier molecular flexibility index (Phi) is 7.09. The van der Waals surface area contributed by atoms with Crippen LogP contribution in [0.1, 0.15) is 18.1 Å². The van der Waals surface area contributed by atoms with E-state index in [0.29, 0.717) is 22.2 Å². The van der Waals surface area contributed by atoms with Gasteiger partial charge in [0.05, 0.1) is 21.9 Å². The summed E-state index contributed by atoms with van der Waals surface area (Å²) in [6.07, 6.45) is 0.369. The van der Waals surface area contributed by atoms with Crippen molar-refractivity contribution in [1.29, 1.82) is 5.26 Å². The Labute approximate surface area is 189 Å². The summed E-state index contributed by atoms with van der Waals surface area (Å²) in [4.78, 5) is 27.1. The first kappa shape index (κ1) is 22.2. The SMILES string of the molecule is CCOC(=O)/C(C#N)=C1\S[C@@H](Cc2ccc(Cl)c(Cl)c2)C(=O)N1c1ccc(C)cc1. The lowest BCUT2D eigenvalue weighted by atomic mass is 10.1. The Hall–Kier alpha value is -2.46. The van der Waals surface area contributed by atoms with E-state index in [2.05, 4.69) is 0 Å². The van der Waals surface area contributed by atoms with E-state index in [4.69, 9.17) is 27.9 Å². The third-order valence-electron chi connectivity index (χ3n) is 4.46. The van der Waals surface area contributed by atoms with Crippen molar-refractivity contribution in [1.82, 2.24) is 0 Å². The van der Waals surface area contributed by atoms with Gasteiger partial charge in [0.25, 0.3) is 0 Å². The maximum atomic E-state index is 13.3. The molecule has 1 saturated heterocycles. The van der Waals surface area contributed by atoms with Crippen LogP contribution in [-0.4, -0.2) is 23.7 Å². The predicted molar refractivity (Wildman–Crippen MR) is 119 cm³/mol. The zero-order valence-corrected chi connectivity index (χ0v) is 18.6. The fourth-order valence-electron chi connectivity index (χ4n) is 2.98. The minimum atomic E-state index is -0.748. The van der Waals surface area contributed by atoms with Crippen LogP contribution in [0.4, 0.5) is 5.69 Å². The highest BCUT2D eigenvalue weighted by Crippen LogP contribution is 2.42. The maximum Gasteiger partial charge on any atom is 0.351 e. The first-order chi connectivity index (χ1) is 14.3. The molecule has 30 heavy (non-hydrogen) atoms. The fraction of sp³-hybridized carbons (Fsp3) is 0.227. The number of rotatable bonds is 5. The largest absolute Gasteiger partial charge is 0.462 e. The number of nitriles is 1. The summed E-state index contributed by atoms with van der Waals surface area (Å²) in [5.74, 6) is -0.968. The van der Waals surface area contributed by atoms with Crippen LogP contribution in [0.25, 0.3) is 0 Å². The van der Waals surface area contributed by atoms with Crippen molar-refractivity contribution in [3.63, 3.8) is 0 Å². The number of carbonyl (C=O) groups excluding carboxylic acids is 2. The number of benzene rings is 2. The fourth-order valence-corrected chi connectivity index (χ4v) is 4.60. The van der Waals surface area contributed by atoms with Gasteiger partial charge in [-0.05, 0) is 50.1 Å². The third-order valence-corrected chi connectivity index (χ3v) is 6.46. The summed E-state index contributed by atoms with van der Waals surface area (Å²) in [6.45, 7) is 3.73. The summed E-state index contributed by atoms with van der Waals surface area (Å²) in [7, 11) is 0. The number of ether oxygens (including phenoxy) is 1. The number of thioether (sulfide) groups is 1. The Morgan fingerprint density at radius 3 is 2.50 bits per heavy atom. The zero-order valence-electron chi connectivity index (χ0n) is 16.3. The summed E-state index contributed by atoms with van der Waals surface area (Å²) in [5.41, 5.74) is 2.26. The van der Waals surface area contributed by atoms with Gasteiger partial charge in [-0.1, -0.05) is 58.7 Å². The number of aryl methyl sites for hydroxylation is 1. The quantitative estimate of drug-likeness (QED) is 0.344. The maximum absolute atomic E-state index is 13.3. The van der Waals surface area contributed by atoms with Crippen molar-refractivity contribution in [2.24, 2.45) is 0 Å². The molecule has 3 rings (SSSR count). The Bertz CT molecular complexity index is 1060. The number of nitrogens with zero attached hydrogens (tertiary/aromatic N) is 2. The van der Waals surface area contributed by atoms with Crippen molar-refractivity contribution in [3.8, 4) is 6.07 Å². The molecule has 154 valence electrons. The van der Waals surface area contributed by atoms with Crippen molar-refractivity contribution < 1.29 is 14.3 Å². The van der Waals surface area contributed by atoms with E-state index in [1.165, 1.54) is 16.7 Å². The van der Waals surface area contributed by atoms with Gasteiger partial charge in [0.2, 0.25) is 5.91 Å². The van der Waals surface area contributed by atoms with E-state index in [-0.39, 0.29) is 23.1 Å². The molecule has 0 spiro atoms. The molecule has 1 heterocycles. The zero-order chi connectivity index (χ0) is 21.8. The molecule has 0 aliphatic carbocycles. The van der Waals surface area contributed by atoms with Crippen molar-refractivity contribution >= 4 is 52.5 Å². The molecule has 0 radical (unpaired) electrons. The molecule has 0 N–H and O–H groups in total. The van der Waals surface area contributed by atoms with Gasteiger partial charge < -0.3 is 4.74 Å². The molecule has 1 aliphatic rings. The van der Waals surface area contributed by atoms with Gasteiger partial charge in [-0.25, -0.2) is 4.79 Å². The van der Waals surface area contributed by atoms with E-state index < -0.39 is 11.2 Å². The van der Waals surface area contributed by atoms with Crippen LogP contribution in [0.15, 0.2) is 53.1 Å². The predicted octanol–water partition coefficient (Wildman–Crippen LogP) is 5.29. The van der Waals surface area contributed by atoms with Gasteiger partial charge in [0, 0.05) is 5.69 Å². The van der Waals surface area contributed by atoms with Crippen molar-refractivity contribution in [2.75, 3.05) is 11.5 Å². The third kappa shape index (κ3) is 4.65. The first-order valence-electron chi connectivity index (χ1n) is 9.18.